The van der Waals surface area contributed by atoms with E-state index in [1.807, 2.05) is 42.7 Å². The maximum absolute atomic E-state index is 6.81. The van der Waals surface area contributed by atoms with Crippen molar-refractivity contribution in [3.8, 4) is 78.3 Å². The van der Waals surface area contributed by atoms with E-state index in [-0.39, 0.29) is 0 Å². The number of hydrogen-bond acceptors (Lipinski definition) is 5. The Morgan fingerprint density at radius 1 is 0.231 bits per heavy atom. The Balaban J connectivity index is 0.830. The van der Waals surface area contributed by atoms with E-state index in [0.717, 1.165) is 142 Å². The highest BCUT2D eigenvalue weighted by Crippen LogP contribution is 2.43. The van der Waals surface area contributed by atoms with Gasteiger partial charge in [0.25, 0.3) is 0 Å². The lowest BCUT2D eigenvalue weighted by Gasteiger charge is -2.17. The molecule has 5 heteroatoms. The summed E-state index contributed by atoms with van der Waals surface area (Å²) in [6.45, 7) is 0. The zero-order valence-electron chi connectivity index (χ0n) is 42.8. The van der Waals surface area contributed by atoms with Crippen LogP contribution in [0.15, 0.2) is 270 Å². The zero-order valence-corrected chi connectivity index (χ0v) is 42.8. The molecular formula is C73H51N3O2. The van der Waals surface area contributed by atoms with Gasteiger partial charge in [-0.05, 0) is 148 Å². The Labute approximate surface area is 452 Å². The summed E-state index contributed by atoms with van der Waals surface area (Å²) in [5.41, 5.74) is 23.4. The van der Waals surface area contributed by atoms with Crippen LogP contribution in [-0.4, -0.2) is 15.0 Å². The van der Waals surface area contributed by atoms with Gasteiger partial charge in [-0.2, -0.15) is 0 Å². The molecule has 14 aromatic rings. The number of aromatic nitrogens is 3. The molecule has 0 aliphatic rings. The highest BCUT2D eigenvalue weighted by molar-refractivity contribution is 6.09. The van der Waals surface area contributed by atoms with Crippen molar-refractivity contribution in [2.75, 3.05) is 0 Å². The second kappa shape index (κ2) is 20.3. The molecule has 0 bridgehead atoms. The first kappa shape index (κ1) is 46.6. The van der Waals surface area contributed by atoms with Gasteiger partial charge >= 0.3 is 0 Å². The topological polar surface area (TPSA) is 65.0 Å². The summed E-state index contributed by atoms with van der Waals surface area (Å²) < 4.78 is 13.1. The van der Waals surface area contributed by atoms with Crippen molar-refractivity contribution in [2.45, 2.75) is 25.7 Å². The minimum atomic E-state index is 0.830. The maximum atomic E-state index is 6.81. The minimum absolute atomic E-state index is 0.830. The van der Waals surface area contributed by atoms with Gasteiger partial charge in [0, 0.05) is 62.4 Å². The molecule has 9 aromatic carbocycles. The third-order valence-electron chi connectivity index (χ3n) is 15.2. The Morgan fingerprint density at radius 3 is 1.22 bits per heavy atom. The molecule has 0 unspecified atom stereocenters. The van der Waals surface area contributed by atoms with Gasteiger partial charge in [0.2, 0.25) is 0 Å². The highest BCUT2D eigenvalue weighted by Gasteiger charge is 2.19. The van der Waals surface area contributed by atoms with E-state index in [1.165, 1.54) is 27.8 Å². The highest BCUT2D eigenvalue weighted by atomic mass is 16.3. The molecule has 0 fully saturated rings. The van der Waals surface area contributed by atoms with Crippen LogP contribution in [0.1, 0.15) is 22.3 Å². The van der Waals surface area contributed by atoms with Crippen molar-refractivity contribution >= 4 is 43.9 Å². The SMILES string of the molecule is c1ccc(-c2ccc(CCc3cc(CCc4ccc(-c5ccccc5)nc4)cc(-c4ccccc4-c4cnc(-c5ccccc5)cc4-c4ccc5c(c4)oc4cc(-c6ccc7c(c6)oc6ccccc67)ccc45)c3)cn2)cc1. The predicted octanol–water partition coefficient (Wildman–Crippen LogP) is 18.9. The molecule has 0 saturated heterocycles. The summed E-state index contributed by atoms with van der Waals surface area (Å²) in [7, 11) is 0. The molecule has 0 N–H and O–H groups in total. The van der Waals surface area contributed by atoms with Gasteiger partial charge in [0.15, 0.2) is 0 Å². The van der Waals surface area contributed by atoms with E-state index in [9.17, 15) is 0 Å². The molecule has 5 heterocycles. The molecule has 0 atom stereocenters. The molecule has 0 radical (unpaired) electrons. The first-order valence-corrected chi connectivity index (χ1v) is 26.8. The molecule has 5 aromatic heterocycles. The number of benzene rings is 9. The van der Waals surface area contributed by atoms with Gasteiger partial charge in [-0.1, -0.05) is 182 Å². The van der Waals surface area contributed by atoms with Crippen molar-refractivity contribution < 1.29 is 8.83 Å². The lowest BCUT2D eigenvalue weighted by Crippen LogP contribution is -1.99. The summed E-state index contributed by atoms with van der Waals surface area (Å²) >= 11 is 0. The summed E-state index contributed by atoms with van der Waals surface area (Å²) in [4.78, 5) is 14.9. The van der Waals surface area contributed by atoms with E-state index in [1.54, 1.807) is 0 Å². The quantitative estimate of drug-likeness (QED) is 0.115. The number of aryl methyl sites for hydroxylation is 4. The summed E-state index contributed by atoms with van der Waals surface area (Å²) in [5.74, 6) is 0. The number of para-hydroxylation sites is 1. The van der Waals surface area contributed by atoms with Gasteiger partial charge in [0.1, 0.15) is 22.3 Å². The molecule has 14 rings (SSSR count). The largest absolute Gasteiger partial charge is 0.456 e. The molecule has 0 spiro atoms. The fourth-order valence-electron chi connectivity index (χ4n) is 11.2. The van der Waals surface area contributed by atoms with Crippen LogP contribution >= 0.6 is 0 Å². The van der Waals surface area contributed by atoms with E-state index in [2.05, 4.69) is 219 Å². The first-order chi connectivity index (χ1) is 38.6. The molecule has 0 aliphatic carbocycles. The molecule has 370 valence electrons. The number of fused-ring (bicyclic) bond motifs is 6. The molecular weight excluding hydrogens is 951 g/mol. The Morgan fingerprint density at radius 2 is 0.667 bits per heavy atom. The normalized spacial score (nSPS) is 11.5. The van der Waals surface area contributed by atoms with Crippen LogP contribution in [0.5, 0.6) is 0 Å². The number of hydrogen-bond donors (Lipinski definition) is 0. The van der Waals surface area contributed by atoms with Gasteiger partial charge in [0.05, 0.1) is 17.1 Å². The van der Waals surface area contributed by atoms with Gasteiger partial charge in [-0.15, -0.1) is 0 Å². The second-order valence-electron chi connectivity index (χ2n) is 20.2. The average Bonchev–Trinajstić information content (AvgIpc) is 4.28. The number of furan rings is 2. The lowest BCUT2D eigenvalue weighted by atomic mass is 9.87. The van der Waals surface area contributed by atoms with Crippen molar-refractivity contribution in [3.63, 3.8) is 0 Å². The van der Waals surface area contributed by atoms with Crippen LogP contribution in [0.2, 0.25) is 0 Å². The van der Waals surface area contributed by atoms with Gasteiger partial charge in [-0.25, -0.2) is 0 Å². The molecule has 5 nitrogen and oxygen atoms in total. The third-order valence-corrected chi connectivity index (χ3v) is 15.2. The molecule has 0 amide bonds. The summed E-state index contributed by atoms with van der Waals surface area (Å²) in [5, 5.41) is 4.39. The predicted molar refractivity (Wildman–Crippen MR) is 320 cm³/mol. The second-order valence-corrected chi connectivity index (χ2v) is 20.2. The Kier molecular flexibility index (Phi) is 12.1. The standard InChI is InChI=1S/C73H51N3O2/c1-4-14-52(15-5-1)67-36-28-48(45-74-67)24-26-50-38-51(27-25-49-29-37-68(75-46-49)53-16-6-2-7-17-53)40-58(39-50)59-20-10-11-21-60(59)66-47-76-69(54-18-8-3-9-19-54)44-65(66)57-32-35-64-63-34-31-56(42-72(63)78-73(64)43-57)55-30-33-62-61-22-12-13-23-70(61)77-71(62)41-55/h1-23,28-47H,24-27H2. The van der Waals surface area contributed by atoms with Gasteiger partial charge < -0.3 is 8.83 Å². The van der Waals surface area contributed by atoms with Crippen LogP contribution in [0, 0.1) is 0 Å². The Hall–Kier alpha value is -9.97. The van der Waals surface area contributed by atoms with Crippen LogP contribution in [0.4, 0.5) is 0 Å². The third kappa shape index (κ3) is 9.22. The van der Waals surface area contributed by atoms with Crippen molar-refractivity contribution in [1.82, 2.24) is 15.0 Å². The number of pyridine rings is 3. The van der Waals surface area contributed by atoms with Crippen molar-refractivity contribution in [3.05, 3.63) is 283 Å². The summed E-state index contributed by atoms with van der Waals surface area (Å²) in [6.07, 6.45) is 9.62. The maximum Gasteiger partial charge on any atom is 0.136 e. The Bertz CT molecular complexity index is 4360. The smallest absolute Gasteiger partial charge is 0.136 e. The van der Waals surface area contributed by atoms with Crippen LogP contribution in [0.3, 0.4) is 0 Å². The fraction of sp³-hybridized carbons (Fsp3) is 0.0548. The van der Waals surface area contributed by atoms with Crippen molar-refractivity contribution in [1.29, 1.82) is 0 Å². The van der Waals surface area contributed by atoms with E-state index in [4.69, 9.17) is 23.8 Å². The van der Waals surface area contributed by atoms with Gasteiger partial charge in [-0.3, -0.25) is 15.0 Å². The van der Waals surface area contributed by atoms with Crippen LogP contribution < -0.4 is 0 Å². The fourth-order valence-corrected chi connectivity index (χ4v) is 11.2. The lowest BCUT2D eigenvalue weighted by molar-refractivity contribution is 0.668. The van der Waals surface area contributed by atoms with E-state index >= 15 is 0 Å². The average molecular weight is 1000 g/mol. The number of rotatable bonds is 13. The van der Waals surface area contributed by atoms with Crippen LogP contribution in [0.25, 0.3) is 122 Å². The molecule has 0 saturated carbocycles. The van der Waals surface area contributed by atoms with Crippen molar-refractivity contribution in [2.24, 2.45) is 0 Å². The van der Waals surface area contributed by atoms with E-state index in [0.29, 0.717) is 0 Å². The van der Waals surface area contributed by atoms with Crippen LogP contribution in [-0.2, 0) is 25.7 Å². The minimum Gasteiger partial charge on any atom is -0.456 e. The first-order valence-electron chi connectivity index (χ1n) is 26.8. The monoisotopic (exact) mass is 1000 g/mol. The summed E-state index contributed by atoms with van der Waals surface area (Å²) in [6, 6.07) is 86.0. The number of nitrogens with zero attached hydrogens (tertiary/aromatic N) is 3. The molecule has 0 aliphatic heterocycles. The molecule has 78 heavy (non-hydrogen) atoms. The van der Waals surface area contributed by atoms with E-state index < -0.39 is 0 Å². The zero-order chi connectivity index (χ0) is 51.8.